The van der Waals surface area contributed by atoms with E-state index in [1.807, 2.05) is 6.92 Å². The average molecular weight is 345 g/mol. The van der Waals surface area contributed by atoms with Crippen molar-refractivity contribution >= 4 is 34.1 Å². The molecule has 1 aromatic heterocycles. The van der Waals surface area contributed by atoms with E-state index in [0.717, 1.165) is 6.07 Å². The summed E-state index contributed by atoms with van der Waals surface area (Å²) in [4.78, 5) is 25.1. The number of pyridine rings is 1. The van der Waals surface area contributed by atoms with Gasteiger partial charge < -0.3 is 9.88 Å². The molecule has 0 aliphatic carbocycles. The molecule has 0 aliphatic rings. The predicted molar refractivity (Wildman–Crippen MR) is 93.2 cm³/mol. The molecule has 1 amide bonds. The number of amides is 1. The lowest BCUT2D eigenvalue weighted by atomic mass is 10.1. The van der Waals surface area contributed by atoms with Gasteiger partial charge in [-0.15, -0.1) is 0 Å². The highest BCUT2D eigenvalue weighted by molar-refractivity contribution is 6.33. The number of carbonyl (C=O) groups is 1. The van der Waals surface area contributed by atoms with Crippen LogP contribution in [-0.2, 0) is 6.54 Å². The number of para-hydroxylation sites is 1. The molecule has 24 heavy (non-hydrogen) atoms. The monoisotopic (exact) mass is 344 g/mol. The zero-order chi connectivity index (χ0) is 17.3. The summed E-state index contributed by atoms with van der Waals surface area (Å²) in [6, 6.07) is 10.7. The number of rotatable bonds is 3. The normalized spacial score (nSPS) is 10.8. The first-order chi connectivity index (χ1) is 11.5. The predicted octanol–water partition coefficient (Wildman–Crippen LogP) is 4.07. The second kappa shape index (κ2) is 6.45. The van der Waals surface area contributed by atoms with Gasteiger partial charge in [0.15, 0.2) is 0 Å². The van der Waals surface area contributed by atoms with Crippen molar-refractivity contribution in [3.05, 3.63) is 75.3 Å². The molecule has 3 rings (SSSR count). The van der Waals surface area contributed by atoms with Crippen LogP contribution in [0.2, 0.25) is 5.02 Å². The lowest BCUT2D eigenvalue weighted by Crippen LogP contribution is -2.24. The number of aryl methyl sites for hydroxylation is 1. The maximum Gasteiger partial charge on any atom is 0.261 e. The fourth-order valence-corrected chi connectivity index (χ4v) is 2.73. The van der Waals surface area contributed by atoms with Gasteiger partial charge in [-0.05, 0) is 37.3 Å². The van der Waals surface area contributed by atoms with Gasteiger partial charge in [-0.2, -0.15) is 0 Å². The maximum atomic E-state index is 13.5. The van der Waals surface area contributed by atoms with Crippen LogP contribution in [0.25, 0.3) is 10.9 Å². The number of nitrogens with zero attached hydrogens (tertiary/aromatic N) is 1. The van der Waals surface area contributed by atoms with E-state index >= 15 is 0 Å². The van der Waals surface area contributed by atoms with E-state index in [0.29, 0.717) is 22.8 Å². The van der Waals surface area contributed by atoms with Crippen LogP contribution in [0.5, 0.6) is 0 Å². The molecule has 0 saturated heterocycles. The third-order valence-electron chi connectivity index (χ3n) is 3.75. The summed E-state index contributed by atoms with van der Waals surface area (Å²) in [6.07, 6.45) is 1.48. The molecular weight excluding hydrogens is 331 g/mol. The Hall–Kier alpha value is -2.66. The van der Waals surface area contributed by atoms with Crippen LogP contribution in [-0.4, -0.2) is 10.5 Å². The Morgan fingerprint density at radius 1 is 1.25 bits per heavy atom. The lowest BCUT2D eigenvalue weighted by Gasteiger charge is -2.12. The largest absolute Gasteiger partial charge is 0.347 e. The quantitative estimate of drug-likeness (QED) is 0.778. The highest BCUT2D eigenvalue weighted by atomic mass is 35.5. The van der Waals surface area contributed by atoms with Crippen molar-refractivity contribution in [1.29, 1.82) is 0 Å². The molecule has 0 fully saturated rings. The van der Waals surface area contributed by atoms with Crippen molar-refractivity contribution in [3.8, 4) is 0 Å². The number of benzene rings is 2. The van der Waals surface area contributed by atoms with Crippen molar-refractivity contribution < 1.29 is 9.18 Å². The van der Waals surface area contributed by atoms with E-state index in [1.165, 1.54) is 18.3 Å². The van der Waals surface area contributed by atoms with Gasteiger partial charge in [0.1, 0.15) is 11.4 Å². The minimum atomic E-state index is -0.582. The maximum absolute atomic E-state index is 13.5. The highest BCUT2D eigenvalue weighted by Gasteiger charge is 2.16. The smallest absolute Gasteiger partial charge is 0.261 e. The number of hydrogen-bond donors (Lipinski definition) is 1. The van der Waals surface area contributed by atoms with E-state index in [9.17, 15) is 14.0 Å². The van der Waals surface area contributed by atoms with Gasteiger partial charge in [0, 0.05) is 18.1 Å². The van der Waals surface area contributed by atoms with Crippen LogP contribution in [0.1, 0.15) is 17.3 Å². The number of carbonyl (C=O) groups excluding carboxylic acids is 1. The lowest BCUT2D eigenvalue weighted by molar-refractivity contribution is 0.102. The molecule has 1 N–H and O–H groups in total. The summed E-state index contributed by atoms with van der Waals surface area (Å²) in [5.74, 6) is -1.10. The van der Waals surface area contributed by atoms with E-state index in [1.54, 1.807) is 28.8 Å². The van der Waals surface area contributed by atoms with Crippen LogP contribution in [0, 0.1) is 5.82 Å². The van der Waals surface area contributed by atoms with Gasteiger partial charge in [-0.25, -0.2) is 4.39 Å². The Morgan fingerprint density at radius 2 is 2.00 bits per heavy atom. The molecule has 0 aliphatic heterocycles. The SMILES string of the molecule is CCn1cc(C(=O)Nc2ccccc2Cl)c(=O)c2cc(F)ccc21. The average Bonchev–Trinajstić information content (AvgIpc) is 2.57. The number of halogens is 2. The molecule has 3 aromatic rings. The van der Waals surface area contributed by atoms with E-state index < -0.39 is 17.2 Å². The molecule has 0 radical (unpaired) electrons. The molecule has 0 spiro atoms. The van der Waals surface area contributed by atoms with Crippen LogP contribution in [0.4, 0.5) is 10.1 Å². The Kier molecular flexibility index (Phi) is 4.36. The van der Waals surface area contributed by atoms with Gasteiger partial charge in [0.05, 0.1) is 16.2 Å². The summed E-state index contributed by atoms with van der Waals surface area (Å²) in [5, 5.41) is 3.16. The summed E-state index contributed by atoms with van der Waals surface area (Å²) in [5.41, 5.74) is 0.415. The zero-order valence-electron chi connectivity index (χ0n) is 12.8. The van der Waals surface area contributed by atoms with E-state index in [2.05, 4.69) is 5.32 Å². The summed E-state index contributed by atoms with van der Waals surface area (Å²) in [6.45, 7) is 2.41. The van der Waals surface area contributed by atoms with Crippen molar-refractivity contribution in [2.75, 3.05) is 5.32 Å². The van der Waals surface area contributed by atoms with Crippen LogP contribution in [0.3, 0.4) is 0 Å². The summed E-state index contributed by atoms with van der Waals surface area (Å²) < 4.78 is 15.3. The Morgan fingerprint density at radius 3 is 2.71 bits per heavy atom. The third kappa shape index (κ3) is 2.90. The number of hydrogen-bond acceptors (Lipinski definition) is 2. The molecule has 0 atom stereocenters. The molecule has 0 saturated carbocycles. The molecule has 4 nitrogen and oxygen atoms in total. The molecule has 122 valence electrons. The zero-order valence-corrected chi connectivity index (χ0v) is 13.6. The second-order valence-electron chi connectivity index (χ2n) is 5.25. The Bertz CT molecular complexity index is 998. The van der Waals surface area contributed by atoms with Gasteiger partial charge in [-0.1, -0.05) is 23.7 Å². The Labute approximate surface area is 142 Å². The first-order valence-corrected chi connectivity index (χ1v) is 7.77. The van der Waals surface area contributed by atoms with Crippen molar-refractivity contribution in [3.63, 3.8) is 0 Å². The topological polar surface area (TPSA) is 51.1 Å². The standard InChI is InChI=1S/C18H14ClFN2O2/c1-2-22-10-13(17(23)12-9-11(20)7-8-16(12)22)18(24)21-15-6-4-3-5-14(15)19/h3-10H,2H2,1H3,(H,21,24). The summed E-state index contributed by atoms with van der Waals surface area (Å²) in [7, 11) is 0. The van der Waals surface area contributed by atoms with E-state index in [4.69, 9.17) is 11.6 Å². The van der Waals surface area contributed by atoms with Crippen LogP contribution in [0.15, 0.2) is 53.5 Å². The molecule has 0 unspecified atom stereocenters. The third-order valence-corrected chi connectivity index (χ3v) is 4.08. The van der Waals surface area contributed by atoms with Crippen molar-refractivity contribution in [2.45, 2.75) is 13.5 Å². The number of fused-ring (bicyclic) bond motifs is 1. The van der Waals surface area contributed by atoms with Gasteiger partial charge in [0.25, 0.3) is 5.91 Å². The van der Waals surface area contributed by atoms with Gasteiger partial charge in [0.2, 0.25) is 5.43 Å². The fraction of sp³-hybridized carbons (Fsp3) is 0.111. The number of aromatic nitrogens is 1. The molecule has 6 heteroatoms. The molecule has 0 bridgehead atoms. The number of nitrogens with one attached hydrogen (secondary N) is 1. The second-order valence-corrected chi connectivity index (χ2v) is 5.66. The van der Waals surface area contributed by atoms with E-state index in [-0.39, 0.29) is 10.9 Å². The first kappa shape index (κ1) is 16.2. The molecule has 2 aromatic carbocycles. The fourth-order valence-electron chi connectivity index (χ4n) is 2.55. The van der Waals surface area contributed by atoms with Crippen LogP contribution >= 0.6 is 11.6 Å². The number of anilines is 1. The van der Waals surface area contributed by atoms with Gasteiger partial charge >= 0.3 is 0 Å². The minimum absolute atomic E-state index is 0.0603. The summed E-state index contributed by atoms with van der Waals surface area (Å²) >= 11 is 6.02. The minimum Gasteiger partial charge on any atom is -0.347 e. The van der Waals surface area contributed by atoms with Crippen LogP contribution < -0.4 is 10.7 Å². The van der Waals surface area contributed by atoms with Crippen molar-refractivity contribution in [1.82, 2.24) is 4.57 Å². The van der Waals surface area contributed by atoms with Gasteiger partial charge in [-0.3, -0.25) is 9.59 Å². The molecular formula is C18H14ClFN2O2. The first-order valence-electron chi connectivity index (χ1n) is 7.40. The Balaban J connectivity index is 2.12. The molecule has 1 heterocycles. The van der Waals surface area contributed by atoms with Crippen molar-refractivity contribution in [2.24, 2.45) is 0 Å². The highest BCUT2D eigenvalue weighted by Crippen LogP contribution is 2.21.